The zero-order valence-electron chi connectivity index (χ0n) is 15.5. The van der Waals surface area contributed by atoms with Gasteiger partial charge in [0.2, 0.25) is 5.91 Å². The molecular weight excluding hydrogens is 308 g/mol. The van der Waals surface area contributed by atoms with Crippen LogP contribution in [-0.4, -0.2) is 75.7 Å². The van der Waals surface area contributed by atoms with Crippen molar-refractivity contribution in [3.8, 4) is 0 Å². The van der Waals surface area contributed by atoms with Crippen LogP contribution in [0.25, 0.3) is 0 Å². The van der Waals surface area contributed by atoms with Crippen molar-refractivity contribution in [3.63, 3.8) is 0 Å². The summed E-state index contributed by atoms with van der Waals surface area (Å²) in [5.41, 5.74) is 5.21. The molecule has 0 aromatic heterocycles. The summed E-state index contributed by atoms with van der Waals surface area (Å²) in [5.74, 6) is -0.941. The Kier molecular flexibility index (Phi) is 4.95. The lowest BCUT2D eigenvalue weighted by Gasteiger charge is -2.54. The maximum atomic E-state index is 13.0. The third-order valence-corrected chi connectivity index (χ3v) is 5.13. The van der Waals surface area contributed by atoms with Gasteiger partial charge in [-0.15, -0.1) is 0 Å². The number of carbonyl (C=O) groups is 3. The lowest BCUT2D eigenvalue weighted by atomic mass is 9.77. The van der Waals surface area contributed by atoms with Gasteiger partial charge < -0.3 is 20.4 Å². The summed E-state index contributed by atoms with van der Waals surface area (Å²) < 4.78 is 0. The number of nitrogens with two attached hydrogens (primary N) is 1. The van der Waals surface area contributed by atoms with E-state index in [0.717, 1.165) is 0 Å². The first-order valence-electron chi connectivity index (χ1n) is 8.60. The molecule has 2 N–H and O–H groups in total. The number of amides is 3. The summed E-state index contributed by atoms with van der Waals surface area (Å²) in [5, 5.41) is 0. The molecule has 2 fully saturated rings. The normalized spacial score (nSPS) is 24.0. The summed E-state index contributed by atoms with van der Waals surface area (Å²) in [6, 6.07) is 0.0215. The maximum Gasteiger partial charge on any atom is 0.312 e. The first-order valence-corrected chi connectivity index (χ1v) is 8.60. The molecule has 0 saturated carbocycles. The first-order chi connectivity index (χ1) is 11.0. The lowest BCUT2D eigenvalue weighted by Crippen LogP contribution is -2.67. The second-order valence-corrected chi connectivity index (χ2v) is 8.23. The second kappa shape index (κ2) is 6.35. The molecule has 0 bridgehead atoms. The number of likely N-dealkylation sites (tertiary alicyclic amines) is 1. The zero-order chi connectivity index (χ0) is 18.3. The number of hydrogen-bond donors (Lipinski definition) is 1. The standard InChI is InChI=1S/C17H30N4O3/c1-12(22)19-6-8-20(9-7-19)14(23)15(24)21-16(2,3)10-13(18)11-17(21,4)5/h13H,6-11,18H2,1-5H3. The number of nitrogens with zero attached hydrogens (tertiary/aromatic N) is 3. The van der Waals surface area contributed by atoms with Gasteiger partial charge in [-0.3, -0.25) is 14.4 Å². The van der Waals surface area contributed by atoms with E-state index in [9.17, 15) is 14.4 Å². The van der Waals surface area contributed by atoms with E-state index in [0.29, 0.717) is 39.0 Å². The van der Waals surface area contributed by atoms with E-state index in [1.807, 2.05) is 27.7 Å². The third-order valence-electron chi connectivity index (χ3n) is 5.13. The van der Waals surface area contributed by atoms with Gasteiger partial charge in [0.05, 0.1) is 0 Å². The van der Waals surface area contributed by atoms with Crippen LogP contribution in [0.15, 0.2) is 0 Å². The molecule has 2 heterocycles. The Labute approximate surface area is 144 Å². The van der Waals surface area contributed by atoms with Gasteiger partial charge in [-0.25, -0.2) is 0 Å². The predicted molar refractivity (Wildman–Crippen MR) is 91.0 cm³/mol. The minimum Gasteiger partial charge on any atom is -0.339 e. The van der Waals surface area contributed by atoms with Gasteiger partial charge in [0, 0.05) is 50.2 Å². The number of rotatable bonds is 0. The number of piperidine rings is 1. The van der Waals surface area contributed by atoms with Crippen LogP contribution < -0.4 is 5.73 Å². The van der Waals surface area contributed by atoms with Crippen LogP contribution in [-0.2, 0) is 14.4 Å². The monoisotopic (exact) mass is 338 g/mol. The molecule has 0 spiro atoms. The minimum absolute atomic E-state index is 0.000658. The van der Waals surface area contributed by atoms with E-state index in [-0.39, 0.29) is 11.9 Å². The molecule has 0 aromatic carbocycles. The number of piperazine rings is 1. The Morgan fingerprint density at radius 3 is 1.67 bits per heavy atom. The molecule has 24 heavy (non-hydrogen) atoms. The van der Waals surface area contributed by atoms with Gasteiger partial charge >= 0.3 is 11.8 Å². The Balaban J connectivity index is 2.12. The minimum atomic E-state index is -0.477. The van der Waals surface area contributed by atoms with Crippen LogP contribution in [0.3, 0.4) is 0 Å². The average Bonchev–Trinajstić information content (AvgIpc) is 2.43. The molecule has 2 aliphatic heterocycles. The van der Waals surface area contributed by atoms with Crippen molar-refractivity contribution in [1.29, 1.82) is 0 Å². The van der Waals surface area contributed by atoms with Crippen molar-refractivity contribution < 1.29 is 14.4 Å². The molecule has 7 heteroatoms. The molecule has 0 atom stereocenters. The predicted octanol–water partition coefficient (Wildman–Crippen LogP) is 0.184. The lowest BCUT2D eigenvalue weighted by molar-refractivity contribution is -0.164. The third kappa shape index (κ3) is 3.55. The Bertz CT molecular complexity index is 518. The maximum absolute atomic E-state index is 13.0. The summed E-state index contributed by atoms with van der Waals surface area (Å²) in [4.78, 5) is 42.1. The highest BCUT2D eigenvalue weighted by Gasteiger charge is 2.49. The van der Waals surface area contributed by atoms with Gasteiger partial charge in [-0.2, -0.15) is 0 Å². The summed E-state index contributed by atoms with van der Waals surface area (Å²) >= 11 is 0. The van der Waals surface area contributed by atoms with Gasteiger partial charge in [-0.1, -0.05) is 0 Å². The van der Waals surface area contributed by atoms with Crippen LogP contribution >= 0.6 is 0 Å². The smallest absolute Gasteiger partial charge is 0.312 e. The van der Waals surface area contributed by atoms with E-state index in [1.54, 1.807) is 14.7 Å². The van der Waals surface area contributed by atoms with E-state index in [2.05, 4.69) is 0 Å². The SMILES string of the molecule is CC(=O)N1CCN(C(=O)C(=O)N2C(C)(C)CC(N)CC2(C)C)CC1. The van der Waals surface area contributed by atoms with Crippen LogP contribution in [0.5, 0.6) is 0 Å². The van der Waals surface area contributed by atoms with Crippen molar-refractivity contribution in [3.05, 3.63) is 0 Å². The molecule has 2 saturated heterocycles. The Morgan fingerprint density at radius 1 is 0.833 bits per heavy atom. The van der Waals surface area contributed by atoms with Gasteiger partial charge in [0.15, 0.2) is 0 Å². The molecule has 136 valence electrons. The van der Waals surface area contributed by atoms with Gasteiger partial charge in [-0.05, 0) is 40.5 Å². The van der Waals surface area contributed by atoms with E-state index >= 15 is 0 Å². The molecule has 0 aromatic rings. The van der Waals surface area contributed by atoms with Crippen LogP contribution in [0.2, 0.25) is 0 Å². The van der Waals surface area contributed by atoms with Gasteiger partial charge in [0.25, 0.3) is 0 Å². The van der Waals surface area contributed by atoms with Crippen molar-refractivity contribution in [1.82, 2.24) is 14.7 Å². The van der Waals surface area contributed by atoms with Crippen LogP contribution in [0.4, 0.5) is 0 Å². The van der Waals surface area contributed by atoms with Gasteiger partial charge in [0.1, 0.15) is 0 Å². The summed E-state index contributed by atoms with van der Waals surface area (Å²) in [7, 11) is 0. The highest BCUT2D eigenvalue weighted by molar-refractivity contribution is 6.35. The van der Waals surface area contributed by atoms with Crippen molar-refractivity contribution in [2.24, 2.45) is 5.73 Å². The highest BCUT2D eigenvalue weighted by atomic mass is 16.2. The molecule has 2 rings (SSSR count). The molecule has 3 amide bonds. The molecule has 0 radical (unpaired) electrons. The summed E-state index contributed by atoms with van der Waals surface area (Å²) in [6.45, 7) is 11.1. The van der Waals surface area contributed by atoms with E-state index in [1.165, 1.54) is 6.92 Å². The highest BCUT2D eigenvalue weighted by Crippen LogP contribution is 2.38. The first kappa shape index (κ1) is 18.7. The Hall–Kier alpha value is -1.63. The number of hydrogen-bond acceptors (Lipinski definition) is 4. The molecule has 0 unspecified atom stereocenters. The Morgan fingerprint density at radius 2 is 1.25 bits per heavy atom. The molecule has 7 nitrogen and oxygen atoms in total. The topological polar surface area (TPSA) is 87.0 Å². The van der Waals surface area contributed by atoms with E-state index in [4.69, 9.17) is 5.73 Å². The fourth-order valence-electron chi connectivity index (χ4n) is 4.36. The van der Waals surface area contributed by atoms with Crippen molar-refractivity contribution in [2.45, 2.75) is 64.6 Å². The van der Waals surface area contributed by atoms with Crippen molar-refractivity contribution in [2.75, 3.05) is 26.2 Å². The summed E-state index contributed by atoms with van der Waals surface area (Å²) in [6.07, 6.45) is 1.35. The average molecular weight is 338 g/mol. The largest absolute Gasteiger partial charge is 0.339 e. The molecule has 0 aliphatic carbocycles. The molecule has 2 aliphatic rings. The second-order valence-electron chi connectivity index (χ2n) is 8.23. The quantitative estimate of drug-likeness (QED) is 0.639. The fraction of sp³-hybridized carbons (Fsp3) is 0.824. The zero-order valence-corrected chi connectivity index (χ0v) is 15.5. The van der Waals surface area contributed by atoms with E-state index < -0.39 is 22.9 Å². The fourth-order valence-corrected chi connectivity index (χ4v) is 4.36. The van der Waals surface area contributed by atoms with Crippen molar-refractivity contribution >= 4 is 17.7 Å². The number of carbonyl (C=O) groups excluding carboxylic acids is 3. The molecular formula is C17H30N4O3. The van der Waals surface area contributed by atoms with Crippen LogP contribution in [0.1, 0.15) is 47.5 Å². The van der Waals surface area contributed by atoms with Crippen LogP contribution in [0, 0.1) is 0 Å².